The highest BCUT2D eigenvalue weighted by Crippen LogP contribution is 2.65. The number of carbonyl (C=O) groups is 5. The number of hydrogen-bond donors (Lipinski definition) is 3. The fourth-order valence-electron chi connectivity index (χ4n) is 5.78. The van der Waals surface area contributed by atoms with Gasteiger partial charge in [0.25, 0.3) is 5.91 Å². The zero-order valence-corrected chi connectivity index (χ0v) is 23.5. The molecule has 4 amide bonds. The van der Waals surface area contributed by atoms with E-state index in [4.69, 9.17) is 10.5 Å². The van der Waals surface area contributed by atoms with Crippen molar-refractivity contribution in [1.82, 2.24) is 15.5 Å². The molecule has 3 rings (SSSR count). The van der Waals surface area contributed by atoms with Crippen molar-refractivity contribution < 1.29 is 28.7 Å². The van der Waals surface area contributed by atoms with E-state index in [2.05, 4.69) is 24.5 Å². The lowest BCUT2D eigenvalue weighted by Crippen LogP contribution is -2.61. The fraction of sp³-hybridized carbons (Fsp3) is 0.815. The Kier molecular flexibility index (Phi) is 7.74. The lowest BCUT2D eigenvalue weighted by atomic mass is 9.80. The first-order valence-corrected chi connectivity index (χ1v) is 13.3. The van der Waals surface area contributed by atoms with Crippen LogP contribution in [0.15, 0.2) is 0 Å². The van der Waals surface area contributed by atoms with Crippen molar-refractivity contribution in [2.75, 3.05) is 6.54 Å². The van der Waals surface area contributed by atoms with Crippen molar-refractivity contribution in [2.45, 2.75) is 105 Å². The van der Waals surface area contributed by atoms with Crippen LogP contribution >= 0.6 is 0 Å². The van der Waals surface area contributed by atoms with Gasteiger partial charge in [0.05, 0.1) is 6.04 Å². The van der Waals surface area contributed by atoms with Gasteiger partial charge in [0.2, 0.25) is 17.6 Å². The van der Waals surface area contributed by atoms with E-state index in [1.807, 2.05) is 20.8 Å². The normalized spacial score (nSPS) is 26.3. The van der Waals surface area contributed by atoms with Gasteiger partial charge in [-0.3, -0.25) is 19.2 Å². The number of rotatable bonds is 8. The second kappa shape index (κ2) is 9.91. The van der Waals surface area contributed by atoms with E-state index in [1.165, 1.54) is 4.90 Å². The molecule has 5 atom stereocenters. The number of hydrogen-bond acceptors (Lipinski definition) is 6. The summed E-state index contributed by atoms with van der Waals surface area (Å²) in [5.74, 6) is -2.46. The molecule has 4 N–H and O–H groups in total. The number of likely N-dealkylation sites (tertiary alicyclic amines) is 1. The smallest absolute Gasteiger partial charge is 0.408 e. The number of alkyl carbamates (subject to hydrolysis) is 1. The number of ether oxygens (including phenoxy) is 1. The van der Waals surface area contributed by atoms with Gasteiger partial charge in [-0.15, -0.1) is 0 Å². The first-order chi connectivity index (χ1) is 16.8. The van der Waals surface area contributed by atoms with Gasteiger partial charge < -0.3 is 26.0 Å². The highest BCUT2D eigenvalue weighted by Gasteiger charge is 2.70. The quantitative estimate of drug-likeness (QED) is 0.418. The minimum Gasteiger partial charge on any atom is -0.444 e. The Morgan fingerprint density at radius 2 is 1.62 bits per heavy atom. The molecule has 1 unspecified atom stereocenters. The molecule has 1 aliphatic heterocycles. The summed E-state index contributed by atoms with van der Waals surface area (Å²) >= 11 is 0. The standard InChI is InChI=1S/C27H44N4O6/c1-25(2,3)20(30-24(36)37-26(4,5)6)23(35)31-13-15-17(27(15,7)8)18(31)22(34)29-16(19(32)21(28)33)12-14-10-9-11-14/h14-18,20H,9-13H2,1-8H3,(H2,28,33)(H,29,34)(H,30,36)/t15-,16?,17-,18+,20-/m1/s1. The number of Topliss-reactive ketones (excluding diaryl/α,β-unsaturated/α-hetero) is 1. The van der Waals surface area contributed by atoms with Crippen LogP contribution in [0.25, 0.3) is 0 Å². The van der Waals surface area contributed by atoms with Crippen LogP contribution in [0.4, 0.5) is 4.79 Å². The number of piperidine rings is 1. The van der Waals surface area contributed by atoms with Gasteiger partial charge in [-0.25, -0.2) is 4.79 Å². The van der Waals surface area contributed by atoms with E-state index in [-0.39, 0.29) is 29.1 Å². The molecule has 208 valence electrons. The Morgan fingerprint density at radius 3 is 2.08 bits per heavy atom. The van der Waals surface area contributed by atoms with Gasteiger partial charge >= 0.3 is 6.09 Å². The Hall–Kier alpha value is -2.65. The number of ketones is 1. The number of nitrogens with two attached hydrogens (primary N) is 1. The summed E-state index contributed by atoms with van der Waals surface area (Å²) in [6.07, 6.45) is 2.58. The minimum absolute atomic E-state index is 0.0911. The zero-order valence-electron chi connectivity index (χ0n) is 23.5. The van der Waals surface area contributed by atoms with Gasteiger partial charge in [0, 0.05) is 6.54 Å². The first kappa shape index (κ1) is 28.9. The Balaban J connectivity index is 1.83. The highest BCUT2D eigenvalue weighted by atomic mass is 16.6. The Labute approximate surface area is 219 Å². The van der Waals surface area contributed by atoms with E-state index < -0.39 is 52.8 Å². The molecule has 10 heteroatoms. The van der Waals surface area contributed by atoms with Crippen LogP contribution in [0.3, 0.4) is 0 Å². The van der Waals surface area contributed by atoms with E-state index in [9.17, 15) is 24.0 Å². The number of primary amides is 1. The van der Waals surface area contributed by atoms with Gasteiger partial charge in [-0.05, 0) is 55.8 Å². The predicted molar refractivity (Wildman–Crippen MR) is 137 cm³/mol. The number of amides is 4. The van der Waals surface area contributed by atoms with Crippen LogP contribution in [0.2, 0.25) is 0 Å². The molecule has 37 heavy (non-hydrogen) atoms. The van der Waals surface area contributed by atoms with Crippen LogP contribution < -0.4 is 16.4 Å². The third kappa shape index (κ3) is 6.26. The molecule has 0 aromatic rings. The van der Waals surface area contributed by atoms with Crippen LogP contribution in [-0.2, 0) is 23.9 Å². The van der Waals surface area contributed by atoms with E-state index in [0.29, 0.717) is 13.0 Å². The maximum absolute atomic E-state index is 13.9. The highest BCUT2D eigenvalue weighted by molar-refractivity contribution is 6.37. The van der Waals surface area contributed by atoms with Crippen molar-refractivity contribution >= 4 is 29.6 Å². The summed E-state index contributed by atoms with van der Waals surface area (Å²) < 4.78 is 5.39. The van der Waals surface area contributed by atoms with Crippen molar-refractivity contribution in [3.63, 3.8) is 0 Å². The van der Waals surface area contributed by atoms with Crippen molar-refractivity contribution in [1.29, 1.82) is 0 Å². The number of nitrogens with zero attached hydrogens (tertiary/aromatic N) is 1. The molecule has 2 aliphatic carbocycles. The summed E-state index contributed by atoms with van der Waals surface area (Å²) in [4.78, 5) is 65.9. The van der Waals surface area contributed by atoms with Crippen molar-refractivity contribution in [2.24, 2.45) is 34.3 Å². The van der Waals surface area contributed by atoms with Crippen LogP contribution in [0.5, 0.6) is 0 Å². The molecule has 3 aliphatic rings. The number of nitrogens with one attached hydrogen (secondary N) is 2. The molecule has 1 heterocycles. The summed E-state index contributed by atoms with van der Waals surface area (Å²) in [6.45, 7) is 15.2. The molecule has 2 saturated carbocycles. The molecule has 0 aromatic heterocycles. The van der Waals surface area contributed by atoms with Crippen molar-refractivity contribution in [3.8, 4) is 0 Å². The summed E-state index contributed by atoms with van der Waals surface area (Å²) in [6, 6.07) is -2.76. The summed E-state index contributed by atoms with van der Waals surface area (Å²) in [5.41, 5.74) is 3.73. The molecule has 3 fully saturated rings. The van der Waals surface area contributed by atoms with Gasteiger partial charge in [0.15, 0.2) is 0 Å². The maximum Gasteiger partial charge on any atom is 0.408 e. The van der Waals surface area contributed by atoms with Gasteiger partial charge in [-0.2, -0.15) is 0 Å². The predicted octanol–water partition coefficient (Wildman–Crippen LogP) is 2.14. The average Bonchev–Trinajstić information content (AvgIpc) is 3.06. The van der Waals surface area contributed by atoms with Crippen LogP contribution in [0.1, 0.15) is 81.1 Å². The van der Waals surface area contributed by atoms with E-state index in [0.717, 1.165) is 19.3 Å². The molecule has 0 bridgehead atoms. The Morgan fingerprint density at radius 1 is 1.03 bits per heavy atom. The van der Waals surface area contributed by atoms with Crippen LogP contribution in [0, 0.1) is 28.6 Å². The van der Waals surface area contributed by atoms with Gasteiger partial charge in [0.1, 0.15) is 17.7 Å². The lowest BCUT2D eigenvalue weighted by molar-refractivity contribution is -0.145. The molecular formula is C27H44N4O6. The SMILES string of the molecule is CC(C)(C)OC(=O)N[C@H](C(=O)N1C[C@@H]2[C@H]([C@H]1C(=O)NC(CC1CCC1)C(=O)C(N)=O)C2(C)C)C(C)(C)C. The van der Waals surface area contributed by atoms with Gasteiger partial charge in [-0.1, -0.05) is 53.9 Å². The fourth-order valence-corrected chi connectivity index (χ4v) is 5.78. The maximum atomic E-state index is 13.9. The van der Waals surface area contributed by atoms with E-state index in [1.54, 1.807) is 20.8 Å². The molecule has 1 saturated heterocycles. The van der Waals surface area contributed by atoms with Crippen LogP contribution in [-0.4, -0.2) is 64.8 Å². The summed E-state index contributed by atoms with van der Waals surface area (Å²) in [5, 5.41) is 5.49. The second-order valence-electron chi connectivity index (χ2n) is 13.7. The van der Waals surface area contributed by atoms with E-state index >= 15 is 0 Å². The average molecular weight is 521 g/mol. The third-order valence-electron chi connectivity index (χ3n) is 8.20. The largest absolute Gasteiger partial charge is 0.444 e. The monoisotopic (exact) mass is 520 g/mol. The molecular weight excluding hydrogens is 476 g/mol. The third-order valence-corrected chi connectivity index (χ3v) is 8.20. The number of fused-ring (bicyclic) bond motifs is 1. The molecule has 10 nitrogen and oxygen atoms in total. The molecule has 0 aromatic carbocycles. The van der Waals surface area contributed by atoms with Crippen molar-refractivity contribution in [3.05, 3.63) is 0 Å². The molecule has 0 spiro atoms. The summed E-state index contributed by atoms with van der Waals surface area (Å²) in [7, 11) is 0. The number of carbonyl (C=O) groups excluding carboxylic acids is 5. The molecule has 0 radical (unpaired) electrons. The minimum atomic E-state index is -1.08. The first-order valence-electron chi connectivity index (χ1n) is 13.3. The lowest BCUT2D eigenvalue weighted by Gasteiger charge is -2.38. The second-order valence-corrected chi connectivity index (χ2v) is 13.7. The zero-order chi connectivity index (χ0) is 28.1. The topological polar surface area (TPSA) is 148 Å². The Bertz CT molecular complexity index is 959.